The highest BCUT2D eigenvalue weighted by Crippen LogP contribution is 2.28. The van der Waals surface area contributed by atoms with E-state index in [1.807, 2.05) is 0 Å². The summed E-state index contributed by atoms with van der Waals surface area (Å²) in [6.07, 6.45) is 2.22. The number of nitrogens with one attached hydrogen (secondary N) is 1. The van der Waals surface area contributed by atoms with E-state index in [1.54, 1.807) is 14.2 Å². The minimum absolute atomic E-state index is 0.128. The van der Waals surface area contributed by atoms with Gasteiger partial charge in [0.15, 0.2) is 0 Å². The Hall–Kier alpha value is -0.200. The van der Waals surface area contributed by atoms with Crippen molar-refractivity contribution in [2.24, 2.45) is 0 Å². The van der Waals surface area contributed by atoms with Crippen LogP contribution in [0.3, 0.4) is 0 Å². The summed E-state index contributed by atoms with van der Waals surface area (Å²) in [6, 6.07) is 0.400. The van der Waals surface area contributed by atoms with Crippen LogP contribution < -0.4 is 5.32 Å². The maximum Gasteiger partial charge on any atom is 0.0991 e. The molecule has 1 rings (SSSR count). The molecule has 0 spiro atoms. The molecule has 5 nitrogen and oxygen atoms in total. The third-order valence-electron chi connectivity index (χ3n) is 3.90. The fourth-order valence-corrected chi connectivity index (χ4v) is 2.26. The van der Waals surface area contributed by atoms with Gasteiger partial charge in [0.05, 0.1) is 31.0 Å². The molecule has 0 aromatic heterocycles. The van der Waals surface area contributed by atoms with Crippen LogP contribution >= 0.6 is 0 Å². The first-order valence-electron chi connectivity index (χ1n) is 7.54. The Kier molecular flexibility index (Phi) is 7.99. The molecule has 0 saturated heterocycles. The molecule has 20 heavy (non-hydrogen) atoms. The topological polar surface area (TPSA) is 49.0 Å². The summed E-state index contributed by atoms with van der Waals surface area (Å²) in [5, 5.41) is 3.44. The number of likely N-dealkylation sites (N-methyl/N-ethyl adjacent to an activating group) is 1. The first-order chi connectivity index (χ1) is 9.54. The Labute approximate surface area is 123 Å². The van der Waals surface area contributed by atoms with Gasteiger partial charge in [-0.1, -0.05) is 6.92 Å². The number of ether oxygens (including phenoxy) is 4. The molecule has 0 aliphatic heterocycles. The summed E-state index contributed by atoms with van der Waals surface area (Å²) < 4.78 is 22.2. The summed E-state index contributed by atoms with van der Waals surface area (Å²) in [6.45, 7) is 9.16. The largest absolute Gasteiger partial charge is 0.382 e. The second kappa shape index (κ2) is 8.95. The van der Waals surface area contributed by atoms with Crippen LogP contribution in [-0.2, 0) is 18.9 Å². The lowest BCUT2D eigenvalue weighted by Crippen LogP contribution is -2.60. The van der Waals surface area contributed by atoms with Crippen LogP contribution in [0.4, 0.5) is 0 Å². The average molecular weight is 289 g/mol. The molecule has 3 atom stereocenters. The Morgan fingerprint density at radius 1 is 1.10 bits per heavy atom. The summed E-state index contributed by atoms with van der Waals surface area (Å²) in [5.74, 6) is 0. The van der Waals surface area contributed by atoms with Crippen LogP contribution in [0.15, 0.2) is 0 Å². The number of rotatable bonds is 11. The van der Waals surface area contributed by atoms with Gasteiger partial charge in [-0.25, -0.2) is 0 Å². The molecule has 0 radical (unpaired) electrons. The van der Waals surface area contributed by atoms with Crippen molar-refractivity contribution in [1.29, 1.82) is 0 Å². The Bertz CT molecular complexity index is 260. The molecule has 120 valence electrons. The molecule has 1 aliphatic rings. The van der Waals surface area contributed by atoms with Crippen LogP contribution in [-0.4, -0.2) is 64.4 Å². The molecule has 1 saturated carbocycles. The predicted molar refractivity (Wildman–Crippen MR) is 79.1 cm³/mol. The smallest absolute Gasteiger partial charge is 0.0991 e. The van der Waals surface area contributed by atoms with E-state index in [0.717, 1.165) is 19.4 Å². The third kappa shape index (κ3) is 5.66. The van der Waals surface area contributed by atoms with E-state index in [0.29, 0.717) is 25.9 Å². The maximum atomic E-state index is 5.95. The first kappa shape index (κ1) is 17.9. The normalized spacial score (nSPS) is 26.6. The highest BCUT2D eigenvalue weighted by atomic mass is 16.6. The lowest BCUT2D eigenvalue weighted by Gasteiger charge is -2.44. The van der Waals surface area contributed by atoms with Gasteiger partial charge >= 0.3 is 0 Å². The molecular weight excluding hydrogens is 258 g/mol. The highest BCUT2D eigenvalue weighted by Gasteiger charge is 2.42. The molecule has 0 aromatic rings. The van der Waals surface area contributed by atoms with E-state index in [9.17, 15) is 0 Å². The summed E-state index contributed by atoms with van der Waals surface area (Å²) in [5.41, 5.74) is -0.128. The zero-order chi connectivity index (χ0) is 15.0. The van der Waals surface area contributed by atoms with Gasteiger partial charge in [0.1, 0.15) is 0 Å². The number of hydrogen-bond acceptors (Lipinski definition) is 5. The fourth-order valence-electron chi connectivity index (χ4n) is 2.26. The van der Waals surface area contributed by atoms with Gasteiger partial charge in [0.2, 0.25) is 0 Å². The Morgan fingerprint density at radius 3 is 2.45 bits per heavy atom. The molecule has 3 unspecified atom stereocenters. The van der Waals surface area contributed by atoms with E-state index < -0.39 is 0 Å². The minimum Gasteiger partial charge on any atom is -0.382 e. The standard InChI is InChI=1S/C15H31NO4/c1-6-16-12-11-13(14(12)20-10-9-17-4)19-8-7-15(2,3)18-5/h12-14,16H,6-11H2,1-5H3. The Balaban J connectivity index is 2.29. The Morgan fingerprint density at radius 2 is 1.85 bits per heavy atom. The fraction of sp³-hybridized carbons (Fsp3) is 1.00. The molecule has 1 N–H and O–H groups in total. The lowest BCUT2D eigenvalue weighted by molar-refractivity contribution is -0.157. The van der Waals surface area contributed by atoms with Gasteiger partial charge in [-0.15, -0.1) is 0 Å². The molecule has 1 aliphatic carbocycles. The average Bonchev–Trinajstić information content (AvgIpc) is 2.41. The second-order valence-corrected chi connectivity index (χ2v) is 5.85. The van der Waals surface area contributed by atoms with Gasteiger partial charge in [0.25, 0.3) is 0 Å². The SMILES string of the molecule is CCNC1CC(OCCC(C)(C)OC)C1OCCOC. The van der Waals surface area contributed by atoms with Gasteiger partial charge in [-0.05, 0) is 33.2 Å². The maximum absolute atomic E-state index is 5.95. The van der Waals surface area contributed by atoms with Crippen LogP contribution in [0.1, 0.15) is 33.6 Å². The zero-order valence-electron chi connectivity index (χ0n) is 13.6. The van der Waals surface area contributed by atoms with Crippen molar-refractivity contribution in [2.75, 3.05) is 40.6 Å². The van der Waals surface area contributed by atoms with Gasteiger partial charge in [-0.3, -0.25) is 0 Å². The first-order valence-corrected chi connectivity index (χ1v) is 7.54. The molecule has 0 bridgehead atoms. The summed E-state index contributed by atoms with van der Waals surface area (Å²) in [4.78, 5) is 0. The molecule has 5 heteroatoms. The minimum atomic E-state index is -0.128. The van der Waals surface area contributed by atoms with Crippen LogP contribution in [0.5, 0.6) is 0 Å². The van der Waals surface area contributed by atoms with Crippen molar-refractivity contribution in [3.05, 3.63) is 0 Å². The lowest BCUT2D eigenvalue weighted by atomic mass is 9.85. The monoisotopic (exact) mass is 289 g/mol. The van der Waals surface area contributed by atoms with Crippen molar-refractivity contribution in [1.82, 2.24) is 5.32 Å². The van der Waals surface area contributed by atoms with E-state index in [4.69, 9.17) is 18.9 Å². The van der Waals surface area contributed by atoms with E-state index in [-0.39, 0.29) is 17.8 Å². The van der Waals surface area contributed by atoms with Crippen molar-refractivity contribution < 1.29 is 18.9 Å². The van der Waals surface area contributed by atoms with E-state index >= 15 is 0 Å². The van der Waals surface area contributed by atoms with Gasteiger partial charge in [-0.2, -0.15) is 0 Å². The second-order valence-electron chi connectivity index (χ2n) is 5.85. The van der Waals surface area contributed by atoms with Crippen molar-refractivity contribution in [3.8, 4) is 0 Å². The highest BCUT2D eigenvalue weighted by molar-refractivity contribution is 4.97. The van der Waals surface area contributed by atoms with Crippen LogP contribution in [0.25, 0.3) is 0 Å². The van der Waals surface area contributed by atoms with E-state index in [1.165, 1.54) is 0 Å². The quantitative estimate of drug-likeness (QED) is 0.586. The molecule has 0 amide bonds. The molecular formula is C15H31NO4. The van der Waals surface area contributed by atoms with Crippen LogP contribution in [0, 0.1) is 0 Å². The van der Waals surface area contributed by atoms with Gasteiger partial charge < -0.3 is 24.3 Å². The molecule has 1 fully saturated rings. The van der Waals surface area contributed by atoms with Gasteiger partial charge in [0, 0.05) is 26.9 Å². The van der Waals surface area contributed by atoms with Crippen LogP contribution in [0.2, 0.25) is 0 Å². The van der Waals surface area contributed by atoms with E-state index in [2.05, 4.69) is 26.1 Å². The predicted octanol–water partition coefficient (Wildman–Crippen LogP) is 1.60. The molecule has 0 aromatic carbocycles. The number of hydrogen-bond donors (Lipinski definition) is 1. The van der Waals surface area contributed by atoms with Crippen molar-refractivity contribution in [3.63, 3.8) is 0 Å². The third-order valence-corrected chi connectivity index (χ3v) is 3.90. The van der Waals surface area contributed by atoms with Crippen molar-refractivity contribution in [2.45, 2.75) is 57.5 Å². The summed E-state index contributed by atoms with van der Waals surface area (Å²) in [7, 11) is 3.42. The molecule has 0 heterocycles. The summed E-state index contributed by atoms with van der Waals surface area (Å²) >= 11 is 0. The zero-order valence-corrected chi connectivity index (χ0v) is 13.6. The van der Waals surface area contributed by atoms with Crippen molar-refractivity contribution >= 4 is 0 Å². The number of methoxy groups -OCH3 is 2.